The minimum atomic E-state index is -0.392. The smallest absolute Gasteiger partial charge is 0.373 e. The first-order valence-corrected chi connectivity index (χ1v) is 5.49. The summed E-state index contributed by atoms with van der Waals surface area (Å²) >= 11 is 0. The molecular formula is C12H16O3. The van der Waals surface area contributed by atoms with Gasteiger partial charge in [-0.2, -0.15) is 0 Å². The highest BCUT2D eigenvalue weighted by molar-refractivity contribution is 5.86. The van der Waals surface area contributed by atoms with Gasteiger partial charge in [0.2, 0.25) is 5.76 Å². The van der Waals surface area contributed by atoms with Crippen molar-refractivity contribution in [1.29, 1.82) is 0 Å². The van der Waals surface area contributed by atoms with Crippen LogP contribution in [0.25, 0.3) is 0 Å². The molecule has 1 aliphatic carbocycles. The van der Waals surface area contributed by atoms with Gasteiger partial charge < -0.3 is 9.15 Å². The fraction of sp³-hybridized carbons (Fsp3) is 0.583. The summed E-state index contributed by atoms with van der Waals surface area (Å²) in [4.78, 5) is 11.2. The molecule has 0 N–H and O–H groups in total. The lowest BCUT2D eigenvalue weighted by atomic mass is 9.88. The summed E-state index contributed by atoms with van der Waals surface area (Å²) in [6.07, 6.45) is 6.20. The SMILES string of the molecule is COC(=O)c1ccc(C2CCCCC2)o1. The normalized spacial score (nSPS) is 17.7. The number of hydrogen-bond acceptors (Lipinski definition) is 3. The molecule has 0 aromatic carbocycles. The van der Waals surface area contributed by atoms with Crippen LogP contribution >= 0.6 is 0 Å². The van der Waals surface area contributed by atoms with Gasteiger partial charge in [-0.05, 0) is 25.0 Å². The Morgan fingerprint density at radius 1 is 1.33 bits per heavy atom. The fourth-order valence-corrected chi connectivity index (χ4v) is 2.17. The van der Waals surface area contributed by atoms with E-state index in [2.05, 4.69) is 4.74 Å². The summed E-state index contributed by atoms with van der Waals surface area (Å²) in [5, 5.41) is 0. The highest BCUT2D eigenvalue weighted by Gasteiger charge is 2.20. The second-order valence-electron chi connectivity index (χ2n) is 4.03. The van der Waals surface area contributed by atoms with E-state index in [9.17, 15) is 4.79 Å². The molecule has 1 saturated carbocycles. The van der Waals surface area contributed by atoms with Crippen molar-refractivity contribution < 1.29 is 13.9 Å². The van der Waals surface area contributed by atoms with E-state index in [1.807, 2.05) is 6.07 Å². The Kier molecular flexibility index (Phi) is 3.09. The van der Waals surface area contributed by atoms with Crippen LogP contribution in [-0.2, 0) is 4.74 Å². The Morgan fingerprint density at radius 2 is 2.07 bits per heavy atom. The number of methoxy groups -OCH3 is 1. The van der Waals surface area contributed by atoms with Crippen LogP contribution in [0.2, 0.25) is 0 Å². The molecule has 0 saturated heterocycles. The molecular weight excluding hydrogens is 192 g/mol. The third kappa shape index (κ3) is 2.22. The average Bonchev–Trinajstić information content (AvgIpc) is 2.78. The van der Waals surface area contributed by atoms with Gasteiger partial charge in [-0.3, -0.25) is 0 Å². The van der Waals surface area contributed by atoms with Gasteiger partial charge >= 0.3 is 5.97 Å². The van der Waals surface area contributed by atoms with Gasteiger partial charge in [0.05, 0.1) is 7.11 Å². The molecule has 1 aromatic rings. The van der Waals surface area contributed by atoms with Crippen LogP contribution in [0.15, 0.2) is 16.5 Å². The van der Waals surface area contributed by atoms with Crippen LogP contribution in [0.5, 0.6) is 0 Å². The fourth-order valence-electron chi connectivity index (χ4n) is 2.17. The molecule has 0 aliphatic heterocycles. The molecule has 0 atom stereocenters. The Labute approximate surface area is 89.4 Å². The zero-order valence-electron chi connectivity index (χ0n) is 8.99. The van der Waals surface area contributed by atoms with Crippen molar-refractivity contribution in [2.24, 2.45) is 0 Å². The minimum Gasteiger partial charge on any atom is -0.463 e. The molecule has 1 aliphatic rings. The number of carbonyl (C=O) groups is 1. The first kappa shape index (κ1) is 10.3. The van der Waals surface area contributed by atoms with Crippen LogP contribution in [-0.4, -0.2) is 13.1 Å². The Hall–Kier alpha value is -1.25. The number of furan rings is 1. The predicted molar refractivity (Wildman–Crippen MR) is 55.9 cm³/mol. The zero-order valence-corrected chi connectivity index (χ0v) is 8.99. The maximum atomic E-state index is 11.2. The molecule has 82 valence electrons. The van der Waals surface area contributed by atoms with Gasteiger partial charge in [-0.1, -0.05) is 19.3 Å². The molecule has 0 amide bonds. The van der Waals surface area contributed by atoms with Crippen molar-refractivity contribution in [3.8, 4) is 0 Å². The summed E-state index contributed by atoms with van der Waals surface area (Å²) in [5.41, 5.74) is 0. The van der Waals surface area contributed by atoms with E-state index < -0.39 is 5.97 Å². The third-order valence-electron chi connectivity index (χ3n) is 3.02. The van der Waals surface area contributed by atoms with E-state index in [4.69, 9.17) is 4.42 Å². The van der Waals surface area contributed by atoms with Crippen LogP contribution in [0.4, 0.5) is 0 Å². The van der Waals surface area contributed by atoms with Crippen molar-refractivity contribution >= 4 is 5.97 Å². The molecule has 2 rings (SSSR count). The highest BCUT2D eigenvalue weighted by atomic mass is 16.5. The first-order chi connectivity index (χ1) is 7.31. The summed E-state index contributed by atoms with van der Waals surface area (Å²) in [6.45, 7) is 0. The molecule has 1 aromatic heterocycles. The van der Waals surface area contributed by atoms with E-state index in [1.165, 1.54) is 39.2 Å². The topological polar surface area (TPSA) is 39.4 Å². The second-order valence-corrected chi connectivity index (χ2v) is 4.03. The molecule has 15 heavy (non-hydrogen) atoms. The summed E-state index contributed by atoms with van der Waals surface area (Å²) in [7, 11) is 1.37. The second kappa shape index (κ2) is 4.51. The average molecular weight is 208 g/mol. The molecule has 0 unspecified atom stereocenters. The lowest BCUT2D eigenvalue weighted by Crippen LogP contribution is -2.03. The number of esters is 1. The van der Waals surface area contributed by atoms with Crippen molar-refractivity contribution in [1.82, 2.24) is 0 Å². The number of ether oxygens (including phenoxy) is 1. The monoisotopic (exact) mass is 208 g/mol. The van der Waals surface area contributed by atoms with E-state index in [0.29, 0.717) is 11.7 Å². The first-order valence-electron chi connectivity index (χ1n) is 5.49. The molecule has 3 heteroatoms. The molecule has 0 bridgehead atoms. The standard InChI is InChI=1S/C12H16O3/c1-14-12(13)11-8-7-10(15-11)9-5-3-2-4-6-9/h7-9H,2-6H2,1H3. The van der Waals surface area contributed by atoms with Gasteiger partial charge in [0.25, 0.3) is 0 Å². The molecule has 1 fully saturated rings. The zero-order chi connectivity index (χ0) is 10.7. The molecule has 3 nitrogen and oxygen atoms in total. The van der Waals surface area contributed by atoms with Gasteiger partial charge in [-0.25, -0.2) is 4.79 Å². The Balaban J connectivity index is 2.08. The van der Waals surface area contributed by atoms with Crippen LogP contribution in [0.3, 0.4) is 0 Å². The summed E-state index contributed by atoms with van der Waals surface area (Å²) in [6, 6.07) is 3.61. The molecule has 0 spiro atoms. The van der Waals surface area contributed by atoms with Crippen LogP contribution in [0.1, 0.15) is 54.3 Å². The van der Waals surface area contributed by atoms with Crippen molar-refractivity contribution in [2.75, 3.05) is 7.11 Å². The third-order valence-corrected chi connectivity index (χ3v) is 3.02. The van der Waals surface area contributed by atoms with Crippen molar-refractivity contribution in [2.45, 2.75) is 38.0 Å². The number of hydrogen-bond donors (Lipinski definition) is 0. The van der Waals surface area contributed by atoms with Gasteiger partial charge in [0, 0.05) is 5.92 Å². The molecule has 0 radical (unpaired) electrons. The van der Waals surface area contributed by atoms with E-state index in [0.717, 1.165) is 5.76 Å². The van der Waals surface area contributed by atoms with Gasteiger partial charge in [0.1, 0.15) is 5.76 Å². The highest BCUT2D eigenvalue weighted by Crippen LogP contribution is 2.33. The summed E-state index contributed by atoms with van der Waals surface area (Å²) in [5.74, 6) is 1.36. The number of carbonyl (C=O) groups excluding carboxylic acids is 1. The quantitative estimate of drug-likeness (QED) is 0.701. The van der Waals surface area contributed by atoms with E-state index in [-0.39, 0.29) is 0 Å². The Morgan fingerprint density at radius 3 is 2.73 bits per heavy atom. The lowest BCUT2D eigenvalue weighted by molar-refractivity contribution is 0.0562. The van der Waals surface area contributed by atoms with Crippen molar-refractivity contribution in [3.63, 3.8) is 0 Å². The van der Waals surface area contributed by atoms with Gasteiger partial charge in [-0.15, -0.1) is 0 Å². The number of rotatable bonds is 2. The largest absolute Gasteiger partial charge is 0.463 e. The van der Waals surface area contributed by atoms with Crippen LogP contribution < -0.4 is 0 Å². The predicted octanol–water partition coefficient (Wildman–Crippen LogP) is 3.11. The van der Waals surface area contributed by atoms with Crippen LogP contribution in [0, 0.1) is 0 Å². The minimum absolute atomic E-state index is 0.318. The molecule has 1 heterocycles. The maximum Gasteiger partial charge on any atom is 0.373 e. The van der Waals surface area contributed by atoms with E-state index >= 15 is 0 Å². The maximum absolute atomic E-state index is 11.2. The lowest BCUT2D eigenvalue weighted by Gasteiger charge is -2.18. The van der Waals surface area contributed by atoms with Crippen molar-refractivity contribution in [3.05, 3.63) is 23.7 Å². The van der Waals surface area contributed by atoms with Gasteiger partial charge in [0.15, 0.2) is 0 Å². The summed E-state index contributed by atoms with van der Waals surface area (Å²) < 4.78 is 10.1. The Bertz CT molecular complexity index is 334. The van der Waals surface area contributed by atoms with E-state index in [1.54, 1.807) is 6.07 Å².